The molecule has 0 aliphatic carbocycles. The number of anilines is 2. The lowest BCUT2D eigenvalue weighted by Gasteiger charge is -2.10. The Hall–Kier alpha value is -2.64. The maximum Gasteiger partial charge on any atom is 0.416 e. The molecule has 0 aliphatic rings. The van der Waals surface area contributed by atoms with E-state index in [-0.39, 0.29) is 17.5 Å². The average Bonchev–Trinajstić information content (AvgIpc) is 2.59. The minimum atomic E-state index is -4.42. The summed E-state index contributed by atoms with van der Waals surface area (Å²) in [5.74, 6) is -0.163. The van der Waals surface area contributed by atoms with Crippen LogP contribution in [-0.2, 0) is 6.18 Å². The van der Waals surface area contributed by atoms with Crippen molar-refractivity contribution in [1.29, 1.82) is 0 Å². The summed E-state index contributed by atoms with van der Waals surface area (Å²) in [6.07, 6.45) is 1.25. The molecule has 0 unspecified atom stereocenters. The van der Waals surface area contributed by atoms with Gasteiger partial charge in [-0.25, -0.2) is 9.97 Å². The van der Waals surface area contributed by atoms with Crippen molar-refractivity contribution >= 4 is 17.5 Å². The van der Waals surface area contributed by atoms with Gasteiger partial charge in [-0.15, -0.1) is 0 Å². The summed E-state index contributed by atoms with van der Waals surface area (Å²) in [5.41, 5.74) is -0.252. The Morgan fingerprint density at radius 3 is 2.52 bits per heavy atom. The molecular weight excluding hydrogens is 333 g/mol. The fourth-order valence-electron chi connectivity index (χ4n) is 2.09. The van der Waals surface area contributed by atoms with Crippen LogP contribution in [0, 0.1) is 0 Å². The summed E-state index contributed by atoms with van der Waals surface area (Å²) in [5, 5.41) is 5.45. The fraction of sp³-hybridized carbons (Fsp3) is 0.353. The predicted octanol–water partition coefficient (Wildman–Crippen LogP) is 4.16. The van der Waals surface area contributed by atoms with Gasteiger partial charge in [0.1, 0.15) is 0 Å². The number of aromatic nitrogens is 2. The van der Waals surface area contributed by atoms with Crippen molar-refractivity contribution in [3.8, 4) is 0 Å². The van der Waals surface area contributed by atoms with Gasteiger partial charge in [-0.1, -0.05) is 25.8 Å². The van der Waals surface area contributed by atoms with Crippen molar-refractivity contribution in [2.75, 3.05) is 11.9 Å². The third-order valence-electron chi connectivity index (χ3n) is 3.43. The van der Waals surface area contributed by atoms with E-state index in [1.54, 1.807) is 0 Å². The van der Waals surface area contributed by atoms with E-state index in [2.05, 4.69) is 27.5 Å². The van der Waals surface area contributed by atoms with E-state index >= 15 is 0 Å². The molecule has 25 heavy (non-hydrogen) atoms. The molecule has 2 N–H and O–H groups in total. The van der Waals surface area contributed by atoms with E-state index in [1.807, 2.05) is 0 Å². The molecule has 0 radical (unpaired) electrons. The van der Waals surface area contributed by atoms with Crippen LogP contribution in [0.5, 0.6) is 0 Å². The second-order valence-electron chi connectivity index (χ2n) is 5.46. The van der Waals surface area contributed by atoms with Gasteiger partial charge in [0, 0.05) is 24.6 Å². The van der Waals surface area contributed by atoms with Crippen LogP contribution in [0.25, 0.3) is 0 Å². The lowest BCUT2D eigenvalue weighted by molar-refractivity contribution is -0.137. The molecule has 1 aromatic heterocycles. The van der Waals surface area contributed by atoms with Crippen molar-refractivity contribution in [2.24, 2.45) is 0 Å². The summed E-state index contributed by atoms with van der Waals surface area (Å²) in [6.45, 7) is 2.66. The average molecular weight is 352 g/mol. The Morgan fingerprint density at radius 2 is 1.88 bits per heavy atom. The quantitative estimate of drug-likeness (QED) is 0.735. The monoisotopic (exact) mass is 352 g/mol. The molecule has 0 atom stereocenters. The molecule has 2 rings (SSSR count). The first-order chi connectivity index (χ1) is 11.9. The van der Waals surface area contributed by atoms with E-state index in [4.69, 9.17) is 0 Å². The van der Waals surface area contributed by atoms with Gasteiger partial charge in [0.15, 0.2) is 0 Å². The van der Waals surface area contributed by atoms with Crippen LogP contribution in [0.1, 0.15) is 42.1 Å². The number of carbonyl (C=O) groups excluding carboxylic acids is 1. The molecule has 0 saturated heterocycles. The van der Waals surface area contributed by atoms with E-state index in [9.17, 15) is 18.0 Å². The molecule has 0 aliphatic heterocycles. The Labute approximate surface area is 143 Å². The van der Waals surface area contributed by atoms with E-state index in [1.165, 1.54) is 24.5 Å². The van der Waals surface area contributed by atoms with Gasteiger partial charge in [0.25, 0.3) is 5.91 Å². The highest BCUT2D eigenvalue weighted by atomic mass is 19.4. The molecule has 5 nitrogen and oxygen atoms in total. The number of rotatable bonds is 7. The maximum absolute atomic E-state index is 12.7. The second kappa shape index (κ2) is 8.46. The molecule has 1 heterocycles. The molecule has 8 heteroatoms. The SMILES string of the molecule is CCCCCNC(=O)c1cnc(Nc2cccc(C(F)(F)F)c2)nc1. The Balaban J connectivity index is 1.97. The van der Waals surface area contributed by atoms with E-state index in [0.717, 1.165) is 31.4 Å². The van der Waals surface area contributed by atoms with Crippen LogP contribution in [0.15, 0.2) is 36.7 Å². The van der Waals surface area contributed by atoms with Gasteiger partial charge in [0.2, 0.25) is 5.95 Å². The topological polar surface area (TPSA) is 66.9 Å². The molecule has 1 aromatic carbocycles. The fourth-order valence-corrected chi connectivity index (χ4v) is 2.09. The largest absolute Gasteiger partial charge is 0.416 e. The summed E-state index contributed by atoms with van der Waals surface area (Å²) in [4.78, 5) is 19.8. The van der Waals surface area contributed by atoms with Crippen LogP contribution in [0.2, 0.25) is 0 Å². The van der Waals surface area contributed by atoms with Crippen molar-refractivity contribution in [2.45, 2.75) is 32.4 Å². The number of hydrogen-bond donors (Lipinski definition) is 2. The predicted molar refractivity (Wildman–Crippen MR) is 88.6 cm³/mol. The highest BCUT2D eigenvalue weighted by Gasteiger charge is 2.30. The van der Waals surface area contributed by atoms with Gasteiger partial charge >= 0.3 is 6.18 Å². The smallest absolute Gasteiger partial charge is 0.352 e. The third-order valence-corrected chi connectivity index (χ3v) is 3.43. The van der Waals surface area contributed by atoms with E-state index < -0.39 is 11.7 Å². The first-order valence-corrected chi connectivity index (χ1v) is 7.94. The number of alkyl halides is 3. The highest BCUT2D eigenvalue weighted by molar-refractivity contribution is 5.93. The van der Waals surface area contributed by atoms with Crippen LogP contribution in [0.3, 0.4) is 0 Å². The van der Waals surface area contributed by atoms with Crippen LogP contribution in [0.4, 0.5) is 24.8 Å². The van der Waals surface area contributed by atoms with Gasteiger partial charge in [-0.2, -0.15) is 13.2 Å². The van der Waals surface area contributed by atoms with Crippen molar-refractivity contribution in [3.05, 3.63) is 47.8 Å². The zero-order valence-corrected chi connectivity index (χ0v) is 13.7. The summed E-state index contributed by atoms with van der Waals surface area (Å²) >= 11 is 0. The van der Waals surface area contributed by atoms with Crippen LogP contribution >= 0.6 is 0 Å². The van der Waals surface area contributed by atoms with Crippen LogP contribution < -0.4 is 10.6 Å². The summed E-state index contributed by atoms with van der Waals surface area (Å²) in [7, 11) is 0. The second-order valence-corrected chi connectivity index (χ2v) is 5.46. The normalized spacial score (nSPS) is 11.2. The highest BCUT2D eigenvalue weighted by Crippen LogP contribution is 2.31. The van der Waals surface area contributed by atoms with Crippen LogP contribution in [-0.4, -0.2) is 22.4 Å². The molecule has 1 amide bonds. The lowest BCUT2D eigenvalue weighted by atomic mass is 10.2. The number of unbranched alkanes of at least 4 members (excludes halogenated alkanes) is 2. The first kappa shape index (κ1) is 18.7. The molecule has 0 saturated carbocycles. The Bertz CT molecular complexity index is 702. The minimum absolute atomic E-state index is 0.113. The number of halogens is 3. The van der Waals surface area contributed by atoms with Crippen molar-refractivity contribution < 1.29 is 18.0 Å². The lowest BCUT2D eigenvalue weighted by Crippen LogP contribution is -2.24. The molecule has 2 aromatic rings. The number of amides is 1. The summed E-state index contributed by atoms with van der Waals surface area (Å²) in [6, 6.07) is 4.73. The number of hydrogen-bond acceptors (Lipinski definition) is 4. The molecular formula is C17H19F3N4O. The Kier molecular flexibility index (Phi) is 6.32. The Morgan fingerprint density at radius 1 is 1.16 bits per heavy atom. The number of benzene rings is 1. The van der Waals surface area contributed by atoms with Gasteiger partial charge in [-0.05, 0) is 24.6 Å². The zero-order chi connectivity index (χ0) is 18.3. The number of nitrogens with one attached hydrogen (secondary N) is 2. The van der Waals surface area contributed by atoms with Gasteiger partial charge in [0.05, 0.1) is 11.1 Å². The third kappa shape index (κ3) is 5.74. The standard InChI is InChI=1S/C17H19F3N4O/c1-2-3-4-8-21-15(25)12-10-22-16(23-11-12)24-14-7-5-6-13(9-14)17(18,19)20/h5-7,9-11H,2-4,8H2,1H3,(H,21,25)(H,22,23,24). The number of nitrogens with zero attached hydrogens (tertiary/aromatic N) is 2. The molecule has 0 fully saturated rings. The van der Waals surface area contributed by atoms with Gasteiger partial charge in [-0.3, -0.25) is 4.79 Å². The minimum Gasteiger partial charge on any atom is -0.352 e. The van der Waals surface area contributed by atoms with E-state index in [0.29, 0.717) is 12.1 Å². The number of carbonyl (C=O) groups is 1. The molecule has 0 spiro atoms. The zero-order valence-electron chi connectivity index (χ0n) is 13.7. The molecule has 134 valence electrons. The van der Waals surface area contributed by atoms with Crippen molar-refractivity contribution in [1.82, 2.24) is 15.3 Å². The van der Waals surface area contributed by atoms with Gasteiger partial charge < -0.3 is 10.6 Å². The molecule has 0 bridgehead atoms. The summed E-state index contributed by atoms with van der Waals surface area (Å²) < 4.78 is 38.1. The first-order valence-electron chi connectivity index (χ1n) is 7.94. The van der Waals surface area contributed by atoms with Crippen molar-refractivity contribution in [3.63, 3.8) is 0 Å². The maximum atomic E-state index is 12.7.